The molecule has 8 rings (SSSR count). The van der Waals surface area contributed by atoms with Crippen LogP contribution in [0.2, 0.25) is 0 Å². The Kier molecular flexibility index (Phi) is 10.5. The number of hydrogen-bond donors (Lipinski definition) is 3. The van der Waals surface area contributed by atoms with Crippen LogP contribution in [0.25, 0.3) is 22.3 Å². The maximum atomic E-state index is 13.0. The minimum absolute atomic E-state index is 0.104. The molecule has 13 heteroatoms. The molecule has 0 radical (unpaired) electrons. The van der Waals surface area contributed by atoms with E-state index < -0.39 is 67.4 Å². The van der Waals surface area contributed by atoms with E-state index in [1.54, 1.807) is 13.8 Å². The summed E-state index contributed by atoms with van der Waals surface area (Å²) in [6.07, 6.45) is -4.76. The van der Waals surface area contributed by atoms with Crippen molar-refractivity contribution in [1.82, 2.24) is 16.0 Å². The van der Waals surface area contributed by atoms with Gasteiger partial charge in [-0.25, -0.2) is 9.59 Å². The molecule has 4 aromatic rings. The molecule has 4 aromatic carbocycles. The number of carbonyl (C=O) groups excluding carboxylic acids is 4. The number of ether oxygens (including phenoxy) is 6. The van der Waals surface area contributed by atoms with E-state index in [2.05, 4.69) is 40.2 Å². The molecule has 0 unspecified atom stereocenters. The molecule has 290 valence electrons. The van der Waals surface area contributed by atoms with Crippen LogP contribution >= 0.6 is 0 Å². The SMILES string of the molecule is CC1(C)O[C@H]2[C@H](O1)[C@@H](OC(=O)CNC(=O)OCC1c3ccccc3-c3ccccc31)CNC[C@@H]2OC(=O)CNC(=O)OCC1c2ccccc2-c2ccccc21. The largest absolute Gasteiger partial charge is 0.457 e. The number of alkyl carbamates (subject to hydrolysis) is 2. The van der Waals surface area contributed by atoms with Gasteiger partial charge in [-0.2, -0.15) is 0 Å². The molecule has 0 saturated carbocycles. The van der Waals surface area contributed by atoms with Crippen LogP contribution in [-0.4, -0.2) is 93.7 Å². The lowest BCUT2D eigenvalue weighted by atomic mass is 9.98. The monoisotopic (exact) mass is 761 g/mol. The fourth-order valence-corrected chi connectivity index (χ4v) is 8.22. The van der Waals surface area contributed by atoms with Crippen LogP contribution in [0.3, 0.4) is 0 Å². The lowest BCUT2D eigenvalue weighted by molar-refractivity contribution is -0.175. The lowest BCUT2D eigenvalue weighted by Crippen LogP contribution is -2.46. The van der Waals surface area contributed by atoms with E-state index in [9.17, 15) is 19.2 Å². The van der Waals surface area contributed by atoms with Crippen molar-refractivity contribution in [3.63, 3.8) is 0 Å². The number of carbonyl (C=O) groups is 4. The Morgan fingerprint density at radius 2 is 0.929 bits per heavy atom. The molecule has 4 aliphatic rings. The van der Waals surface area contributed by atoms with Gasteiger partial charge in [0.15, 0.2) is 5.79 Å². The Labute approximate surface area is 323 Å². The summed E-state index contributed by atoms with van der Waals surface area (Å²) in [7, 11) is 0. The normalized spacial score (nSPS) is 21.6. The number of amides is 2. The molecule has 2 aliphatic carbocycles. The van der Waals surface area contributed by atoms with Gasteiger partial charge >= 0.3 is 24.1 Å². The zero-order valence-corrected chi connectivity index (χ0v) is 31.0. The zero-order chi connectivity index (χ0) is 38.8. The van der Waals surface area contributed by atoms with Crippen LogP contribution in [0.5, 0.6) is 0 Å². The van der Waals surface area contributed by atoms with E-state index in [-0.39, 0.29) is 38.1 Å². The molecule has 13 nitrogen and oxygen atoms in total. The predicted octanol–water partition coefficient (Wildman–Crippen LogP) is 5.01. The van der Waals surface area contributed by atoms with Gasteiger partial charge in [0.1, 0.15) is 50.7 Å². The molecular weight excluding hydrogens is 718 g/mol. The Balaban J connectivity index is 0.803. The Morgan fingerprint density at radius 1 is 0.589 bits per heavy atom. The fraction of sp³-hybridized carbons (Fsp3) is 0.349. The van der Waals surface area contributed by atoms with Crippen LogP contribution in [0.15, 0.2) is 97.1 Å². The van der Waals surface area contributed by atoms with E-state index in [4.69, 9.17) is 28.4 Å². The molecule has 2 heterocycles. The summed E-state index contributed by atoms with van der Waals surface area (Å²) < 4.78 is 34.9. The highest BCUT2D eigenvalue weighted by molar-refractivity contribution is 5.81. The first-order valence-corrected chi connectivity index (χ1v) is 18.8. The second-order valence-corrected chi connectivity index (χ2v) is 14.6. The molecule has 3 N–H and O–H groups in total. The van der Waals surface area contributed by atoms with Crippen molar-refractivity contribution in [3.05, 3.63) is 119 Å². The van der Waals surface area contributed by atoms with Crippen molar-refractivity contribution < 1.29 is 47.6 Å². The third-order valence-electron chi connectivity index (χ3n) is 10.6. The Bertz CT molecular complexity index is 1900. The third-order valence-corrected chi connectivity index (χ3v) is 10.6. The second kappa shape index (κ2) is 15.8. The standard InChI is InChI=1S/C43H43N3O10/c1-43(2)55-39-35(53-37(47)21-45-41(49)51-23-33-29-15-7-3-11-25(29)26-12-4-8-16-30(26)33)19-44-20-36(40(39)56-43)54-38(48)22-46-42(50)52-24-34-31-17-9-5-13-27(31)28-14-6-10-18-32(28)34/h3-18,33-36,39-40,44H,19-24H2,1-2H3,(H,45,49)(H,46,50)/t35-,36-,39+,40+/m0/s1. The van der Waals surface area contributed by atoms with Crippen LogP contribution in [-0.2, 0) is 38.0 Å². The Hall–Kier alpha value is -5.76. The summed E-state index contributed by atoms with van der Waals surface area (Å²) in [6, 6.07) is 32.1. The molecule has 4 atom stereocenters. The molecule has 0 bridgehead atoms. The number of nitrogens with one attached hydrogen (secondary N) is 3. The van der Waals surface area contributed by atoms with Crippen molar-refractivity contribution in [2.75, 3.05) is 39.4 Å². The molecular formula is C43H43N3O10. The van der Waals surface area contributed by atoms with Crippen molar-refractivity contribution in [1.29, 1.82) is 0 Å². The molecule has 2 saturated heterocycles. The van der Waals surface area contributed by atoms with E-state index in [1.807, 2.05) is 72.8 Å². The first kappa shape index (κ1) is 37.2. The van der Waals surface area contributed by atoms with E-state index in [0.29, 0.717) is 0 Å². The van der Waals surface area contributed by atoms with Crippen LogP contribution in [0.4, 0.5) is 9.59 Å². The fourth-order valence-electron chi connectivity index (χ4n) is 8.22. The molecule has 2 aliphatic heterocycles. The number of hydrogen-bond acceptors (Lipinski definition) is 11. The second-order valence-electron chi connectivity index (χ2n) is 14.6. The number of rotatable bonds is 10. The van der Waals surface area contributed by atoms with Crippen molar-refractivity contribution >= 4 is 24.1 Å². The van der Waals surface area contributed by atoms with Crippen molar-refractivity contribution in [2.24, 2.45) is 0 Å². The van der Waals surface area contributed by atoms with E-state index in [0.717, 1.165) is 44.5 Å². The number of benzene rings is 4. The van der Waals surface area contributed by atoms with Gasteiger partial charge in [0.05, 0.1) is 0 Å². The zero-order valence-electron chi connectivity index (χ0n) is 31.0. The van der Waals surface area contributed by atoms with Crippen LogP contribution in [0.1, 0.15) is 47.9 Å². The minimum atomic E-state index is -1.07. The van der Waals surface area contributed by atoms with Crippen molar-refractivity contribution in [3.8, 4) is 22.3 Å². The van der Waals surface area contributed by atoms with Gasteiger partial charge < -0.3 is 44.4 Å². The van der Waals surface area contributed by atoms with E-state index >= 15 is 0 Å². The molecule has 2 fully saturated rings. The van der Waals surface area contributed by atoms with Gasteiger partial charge in [-0.1, -0.05) is 97.1 Å². The smallest absolute Gasteiger partial charge is 0.407 e. The summed E-state index contributed by atoms with van der Waals surface area (Å²) in [5.74, 6) is -2.73. The molecule has 0 spiro atoms. The van der Waals surface area contributed by atoms with Crippen LogP contribution in [0, 0.1) is 0 Å². The van der Waals surface area contributed by atoms with Gasteiger partial charge in [0.25, 0.3) is 0 Å². The lowest BCUT2D eigenvalue weighted by Gasteiger charge is -2.26. The average Bonchev–Trinajstić information content (AvgIpc) is 3.79. The third kappa shape index (κ3) is 7.70. The van der Waals surface area contributed by atoms with Crippen LogP contribution < -0.4 is 16.0 Å². The summed E-state index contributed by atoms with van der Waals surface area (Å²) in [5, 5.41) is 8.11. The molecule has 0 aromatic heterocycles. The Morgan fingerprint density at radius 3 is 1.29 bits per heavy atom. The van der Waals surface area contributed by atoms with E-state index in [1.165, 1.54) is 0 Å². The van der Waals surface area contributed by atoms with Gasteiger partial charge in [-0.05, 0) is 58.4 Å². The first-order chi connectivity index (χ1) is 27.1. The summed E-state index contributed by atoms with van der Waals surface area (Å²) in [5.41, 5.74) is 8.75. The maximum Gasteiger partial charge on any atom is 0.407 e. The maximum absolute atomic E-state index is 13.0. The predicted molar refractivity (Wildman–Crippen MR) is 203 cm³/mol. The van der Waals surface area contributed by atoms with Gasteiger partial charge in [0, 0.05) is 24.9 Å². The number of esters is 2. The highest BCUT2D eigenvalue weighted by Crippen LogP contribution is 2.45. The molecule has 56 heavy (non-hydrogen) atoms. The average molecular weight is 762 g/mol. The highest BCUT2D eigenvalue weighted by atomic mass is 16.8. The minimum Gasteiger partial charge on any atom is -0.457 e. The summed E-state index contributed by atoms with van der Waals surface area (Å²) >= 11 is 0. The van der Waals surface area contributed by atoms with Gasteiger partial charge in [0.2, 0.25) is 0 Å². The number of fused-ring (bicyclic) bond motifs is 7. The molecule has 2 amide bonds. The first-order valence-electron chi connectivity index (χ1n) is 18.8. The highest BCUT2D eigenvalue weighted by Gasteiger charge is 2.52. The van der Waals surface area contributed by atoms with Crippen molar-refractivity contribution in [2.45, 2.75) is 55.9 Å². The van der Waals surface area contributed by atoms with Gasteiger partial charge in [-0.15, -0.1) is 0 Å². The van der Waals surface area contributed by atoms with Gasteiger partial charge in [-0.3, -0.25) is 9.59 Å². The summed E-state index contributed by atoms with van der Waals surface area (Å²) in [6.45, 7) is 3.10. The topological polar surface area (TPSA) is 160 Å². The quantitative estimate of drug-likeness (QED) is 0.147. The summed E-state index contributed by atoms with van der Waals surface area (Å²) in [4.78, 5) is 51.3.